The van der Waals surface area contributed by atoms with Gasteiger partial charge in [0.1, 0.15) is 5.52 Å². The van der Waals surface area contributed by atoms with Crippen LogP contribution >= 0.6 is 11.8 Å². The van der Waals surface area contributed by atoms with Crippen LogP contribution in [0.3, 0.4) is 0 Å². The molecule has 0 saturated heterocycles. The van der Waals surface area contributed by atoms with Crippen molar-refractivity contribution in [1.29, 1.82) is 0 Å². The SMILES string of the molecule is C=Cc1ccc(CSc2n[nH]c(=O)c3cc(-c4ccc(CC)cc4)nn23)cc1. The maximum absolute atomic E-state index is 12.2. The second kappa shape index (κ2) is 7.86. The Kier molecular flexibility index (Phi) is 5.12. The molecule has 28 heavy (non-hydrogen) atoms. The van der Waals surface area contributed by atoms with E-state index in [0.717, 1.165) is 29.0 Å². The lowest BCUT2D eigenvalue weighted by Gasteiger charge is -2.04. The highest BCUT2D eigenvalue weighted by atomic mass is 32.2. The normalized spacial score (nSPS) is 11.0. The molecule has 6 heteroatoms. The number of H-pyrrole nitrogens is 1. The second-order valence-corrected chi connectivity index (χ2v) is 7.39. The Morgan fingerprint density at radius 1 is 1.11 bits per heavy atom. The van der Waals surface area contributed by atoms with Crippen LogP contribution in [-0.4, -0.2) is 19.8 Å². The predicted molar refractivity (Wildman–Crippen MR) is 115 cm³/mol. The lowest BCUT2D eigenvalue weighted by molar-refractivity contribution is 0.728. The molecule has 4 rings (SSSR count). The largest absolute Gasteiger partial charge is 0.290 e. The molecule has 2 aromatic heterocycles. The Hall–Kier alpha value is -3.12. The van der Waals surface area contributed by atoms with Crippen molar-refractivity contribution in [2.45, 2.75) is 24.3 Å². The van der Waals surface area contributed by atoms with E-state index < -0.39 is 0 Å². The minimum absolute atomic E-state index is 0.247. The van der Waals surface area contributed by atoms with Crippen molar-refractivity contribution in [2.75, 3.05) is 0 Å². The van der Waals surface area contributed by atoms with Crippen molar-refractivity contribution >= 4 is 23.4 Å². The molecular formula is C22H20N4OS. The zero-order valence-corrected chi connectivity index (χ0v) is 16.4. The molecule has 0 atom stereocenters. The number of aryl methyl sites for hydroxylation is 1. The Morgan fingerprint density at radius 3 is 2.50 bits per heavy atom. The topological polar surface area (TPSA) is 63.0 Å². The lowest BCUT2D eigenvalue weighted by atomic mass is 10.1. The van der Waals surface area contributed by atoms with Gasteiger partial charge in [-0.15, -0.1) is 5.10 Å². The van der Waals surface area contributed by atoms with Gasteiger partial charge in [-0.2, -0.15) is 5.10 Å². The third kappa shape index (κ3) is 3.64. The average Bonchev–Trinajstić information content (AvgIpc) is 3.20. The number of rotatable bonds is 6. The fourth-order valence-corrected chi connectivity index (χ4v) is 3.80. The van der Waals surface area contributed by atoms with E-state index in [1.54, 1.807) is 4.52 Å². The zero-order valence-electron chi connectivity index (χ0n) is 15.6. The van der Waals surface area contributed by atoms with Crippen molar-refractivity contribution < 1.29 is 0 Å². The van der Waals surface area contributed by atoms with E-state index in [1.165, 1.54) is 22.9 Å². The fraction of sp³-hybridized carbons (Fsp3) is 0.136. The minimum atomic E-state index is -0.247. The molecule has 1 N–H and O–H groups in total. The van der Waals surface area contributed by atoms with E-state index in [4.69, 9.17) is 0 Å². The zero-order chi connectivity index (χ0) is 19.5. The maximum Gasteiger partial charge on any atom is 0.290 e. The van der Waals surface area contributed by atoms with E-state index in [1.807, 2.05) is 36.4 Å². The second-order valence-electron chi connectivity index (χ2n) is 6.45. The minimum Gasteiger partial charge on any atom is -0.266 e. The van der Waals surface area contributed by atoms with Crippen molar-refractivity contribution in [1.82, 2.24) is 19.8 Å². The molecular weight excluding hydrogens is 368 g/mol. The number of aromatic amines is 1. The van der Waals surface area contributed by atoms with Crippen LogP contribution in [-0.2, 0) is 12.2 Å². The van der Waals surface area contributed by atoms with Gasteiger partial charge in [-0.25, -0.2) is 9.61 Å². The van der Waals surface area contributed by atoms with Crippen LogP contribution < -0.4 is 5.56 Å². The number of hydrogen-bond acceptors (Lipinski definition) is 4. The Labute approximate surface area is 167 Å². The molecule has 4 aromatic rings. The standard InChI is InChI=1S/C22H20N4OS/c1-3-15-5-7-17(8-6-15)14-28-22-24-23-21(27)20-13-19(25-26(20)22)18-11-9-16(4-2)10-12-18/h3,5-13H,1,4,14H2,2H3,(H,23,27). The summed E-state index contributed by atoms with van der Waals surface area (Å²) in [5.41, 5.74) is 5.52. The van der Waals surface area contributed by atoms with Crippen LogP contribution in [0.2, 0.25) is 0 Å². The van der Waals surface area contributed by atoms with Crippen molar-refractivity contribution in [3.8, 4) is 11.3 Å². The summed E-state index contributed by atoms with van der Waals surface area (Å²) < 4.78 is 1.63. The van der Waals surface area contributed by atoms with Crippen LogP contribution in [0.4, 0.5) is 0 Å². The van der Waals surface area contributed by atoms with Gasteiger partial charge in [-0.3, -0.25) is 4.79 Å². The number of aromatic nitrogens is 4. The average molecular weight is 388 g/mol. The van der Waals surface area contributed by atoms with Gasteiger partial charge in [0.25, 0.3) is 5.56 Å². The van der Waals surface area contributed by atoms with Crippen molar-refractivity contribution in [3.63, 3.8) is 0 Å². The fourth-order valence-electron chi connectivity index (χ4n) is 2.94. The van der Waals surface area contributed by atoms with Gasteiger partial charge in [-0.1, -0.05) is 79.9 Å². The summed E-state index contributed by atoms with van der Waals surface area (Å²) in [5.74, 6) is 0.728. The molecule has 0 amide bonds. The molecule has 0 aliphatic rings. The Bertz CT molecular complexity index is 1170. The number of benzene rings is 2. The van der Waals surface area contributed by atoms with E-state index in [9.17, 15) is 4.79 Å². The van der Waals surface area contributed by atoms with Crippen LogP contribution in [0.5, 0.6) is 0 Å². The van der Waals surface area contributed by atoms with Crippen LogP contribution in [0.25, 0.3) is 22.9 Å². The highest BCUT2D eigenvalue weighted by molar-refractivity contribution is 7.98. The summed E-state index contributed by atoms with van der Waals surface area (Å²) in [5, 5.41) is 12.1. The molecule has 0 radical (unpaired) electrons. The molecule has 0 aliphatic carbocycles. The molecule has 0 spiro atoms. The Balaban J connectivity index is 1.64. The first-order chi connectivity index (χ1) is 13.7. The van der Waals surface area contributed by atoms with Gasteiger partial charge in [-0.05, 0) is 29.2 Å². The molecule has 0 bridgehead atoms. The number of nitrogens with zero attached hydrogens (tertiary/aromatic N) is 3. The number of nitrogens with one attached hydrogen (secondary N) is 1. The van der Waals surface area contributed by atoms with E-state index in [0.29, 0.717) is 10.7 Å². The van der Waals surface area contributed by atoms with Crippen LogP contribution in [0, 0.1) is 0 Å². The van der Waals surface area contributed by atoms with Gasteiger partial charge >= 0.3 is 0 Å². The van der Waals surface area contributed by atoms with Crippen molar-refractivity contribution in [3.05, 3.63) is 88.2 Å². The molecule has 0 fully saturated rings. The quantitative estimate of drug-likeness (QED) is 0.491. The summed E-state index contributed by atoms with van der Waals surface area (Å²) in [7, 11) is 0. The maximum atomic E-state index is 12.2. The smallest absolute Gasteiger partial charge is 0.266 e. The Morgan fingerprint density at radius 2 is 1.82 bits per heavy atom. The highest BCUT2D eigenvalue weighted by Gasteiger charge is 2.12. The highest BCUT2D eigenvalue weighted by Crippen LogP contribution is 2.24. The summed E-state index contributed by atoms with van der Waals surface area (Å²) in [6.07, 6.45) is 2.81. The first kappa shape index (κ1) is 18.3. The third-order valence-electron chi connectivity index (χ3n) is 4.62. The van der Waals surface area contributed by atoms with Gasteiger partial charge in [0.15, 0.2) is 0 Å². The van der Waals surface area contributed by atoms with Gasteiger partial charge < -0.3 is 0 Å². The number of hydrogen-bond donors (Lipinski definition) is 1. The van der Waals surface area contributed by atoms with Crippen LogP contribution in [0.15, 0.2) is 71.1 Å². The van der Waals surface area contributed by atoms with Gasteiger partial charge in [0.05, 0.1) is 5.69 Å². The van der Waals surface area contributed by atoms with Crippen molar-refractivity contribution in [2.24, 2.45) is 0 Å². The molecule has 0 aliphatic heterocycles. The lowest BCUT2D eigenvalue weighted by Crippen LogP contribution is -2.13. The number of thioether (sulfide) groups is 1. The summed E-state index contributed by atoms with van der Waals surface area (Å²) in [6, 6.07) is 18.3. The van der Waals surface area contributed by atoms with Gasteiger partial charge in [0, 0.05) is 11.3 Å². The monoisotopic (exact) mass is 388 g/mol. The molecule has 140 valence electrons. The number of fused-ring (bicyclic) bond motifs is 1. The molecule has 5 nitrogen and oxygen atoms in total. The predicted octanol–water partition coefficient (Wildman–Crippen LogP) is 4.58. The first-order valence-electron chi connectivity index (χ1n) is 9.10. The summed E-state index contributed by atoms with van der Waals surface area (Å²) in [6.45, 7) is 5.90. The molecule has 2 heterocycles. The molecule has 0 saturated carbocycles. The summed E-state index contributed by atoms with van der Waals surface area (Å²) in [4.78, 5) is 12.2. The van der Waals surface area contributed by atoms with Gasteiger partial charge in [0.2, 0.25) is 5.16 Å². The first-order valence-corrected chi connectivity index (χ1v) is 10.1. The van der Waals surface area contributed by atoms with E-state index >= 15 is 0 Å². The molecule has 2 aromatic carbocycles. The van der Waals surface area contributed by atoms with Crippen LogP contribution in [0.1, 0.15) is 23.6 Å². The summed E-state index contributed by atoms with van der Waals surface area (Å²) >= 11 is 1.53. The van der Waals surface area contributed by atoms with E-state index in [-0.39, 0.29) is 5.56 Å². The van der Waals surface area contributed by atoms with E-state index in [2.05, 4.69) is 53.1 Å². The third-order valence-corrected chi connectivity index (χ3v) is 5.62. The molecule has 0 unspecified atom stereocenters.